The number of amides is 1. The number of carbonyl (C=O) groups excluding carboxylic acids is 1. The smallest absolute Gasteiger partial charge is 0.254 e. The molecule has 0 unspecified atom stereocenters. The molecule has 0 radical (unpaired) electrons. The zero-order valence-electron chi connectivity index (χ0n) is 13.6. The number of ether oxygens (including phenoxy) is 1. The molecular formula is C16H24N2O4S. The normalized spacial score (nSPS) is 18.7. The molecule has 6 nitrogen and oxygen atoms in total. The van der Waals surface area contributed by atoms with Crippen LogP contribution >= 0.6 is 0 Å². The van der Waals surface area contributed by atoms with Gasteiger partial charge >= 0.3 is 0 Å². The van der Waals surface area contributed by atoms with Gasteiger partial charge in [0.05, 0.1) is 18.4 Å². The number of rotatable bonds is 6. The fraction of sp³-hybridized carbons (Fsp3) is 0.562. The minimum absolute atomic E-state index is 0.0140. The summed E-state index contributed by atoms with van der Waals surface area (Å²) in [5, 5.41) is 0. The fourth-order valence-corrected chi connectivity index (χ4v) is 3.37. The molecule has 128 valence electrons. The van der Waals surface area contributed by atoms with E-state index in [1.165, 1.54) is 0 Å². The lowest BCUT2D eigenvalue weighted by Crippen LogP contribution is -2.46. The highest BCUT2D eigenvalue weighted by Gasteiger charge is 2.27. The van der Waals surface area contributed by atoms with E-state index in [1.54, 1.807) is 38.3 Å². The average molecular weight is 340 g/mol. The fourth-order valence-electron chi connectivity index (χ4n) is 2.73. The van der Waals surface area contributed by atoms with Crippen molar-refractivity contribution in [1.82, 2.24) is 4.90 Å². The van der Waals surface area contributed by atoms with E-state index < -0.39 is 10.0 Å². The lowest BCUT2D eigenvalue weighted by Gasteiger charge is -2.35. The third-order valence-corrected chi connectivity index (χ3v) is 5.34. The SMILES string of the molecule is CCS(=O)(=O)Nc1ccc(C(=O)N2CCCC[C@H]2COC)cc1. The standard InChI is InChI=1S/C16H24N2O4S/c1-3-23(20,21)17-14-9-7-13(8-10-14)16(19)18-11-5-4-6-15(18)12-22-2/h7-10,15,17H,3-6,11-12H2,1-2H3/t15-/m0/s1. The van der Waals surface area contributed by atoms with Crippen molar-refractivity contribution in [3.63, 3.8) is 0 Å². The first-order chi connectivity index (χ1) is 11.0. The van der Waals surface area contributed by atoms with E-state index in [0.29, 0.717) is 17.9 Å². The topological polar surface area (TPSA) is 75.7 Å². The molecule has 2 rings (SSSR count). The van der Waals surface area contributed by atoms with Crippen LogP contribution in [-0.4, -0.2) is 51.3 Å². The van der Waals surface area contributed by atoms with Crippen molar-refractivity contribution in [2.24, 2.45) is 0 Å². The average Bonchev–Trinajstić information content (AvgIpc) is 2.55. The number of anilines is 1. The van der Waals surface area contributed by atoms with Gasteiger partial charge in [0, 0.05) is 24.9 Å². The molecule has 1 saturated heterocycles. The Morgan fingerprint density at radius 3 is 2.61 bits per heavy atom. The summed E-state index contributed by atoms with van der Waals surface area (Å²) >= 11 is 0. The number of sulfonamides is 1. The Morgan fingerprint density at radius 2 is 2.00 bits per heavy atom. The van der Waals surface area contributed by atoms with Gasteiger partial charge < -0.3 is 9.64 Å². The second kappa shape index (κ2) is 7.79. The van der Waals surface area contributed by atoms with Crippen LogP contribution in [0.25, 0.3) is 0 Å². The van der Waals surface area contributed by atoms with Crippen molar-refractivity contribution in [2.45, 2.75) is 32.2 Å². The van der Waals surface area contributed by atoms with Crippen LogP contribution in [0.15, 0.2) is 24.3 Å². The van der Waals surface area contributed by atoms with Crippen LogP contribution in [0, 0.1) is 0 Å². The molecule has 0 spiro atoms. The van der Waals surface area contributed by atoms with Gasteiger partial charge in [-0.25, -0.2) is 8.42 Å². The van der Waals surface area contributed by atoms with Crippen molar-refractivity contribution in [1.29, 1.82) is 0 Å². The molecule has 1 heterocycles. The van der Waals surface area contributed by atoms with E-state index >= 15 is 0 Å². The summed E-state index contributed by atoms with van der Waals surface area (Å²) in [6, 6.07) is 6.67. The Morgan fingerprint density at radius 1 is 1.30 bits per heavy atom. The van der Waals surface area contributed by atoms with Crippen LogP contribution in [0.5, 0.6) is 0 Å². The quantitative estimate of drug-likeness (QED) is 0.860. The van der Waals surface area contributed by atoms with Crippen LogP contribution in [0.1, 0.15) is 36.5 Å². The molecule has 1 aliphatic rings. The molecule has 0 saturated carbocycles. The van der Waals surface area contributed by atoms with Crippen LogP contribution < -0.4 is 4.72 Å². The third-order valence-electron chi connectivity index (χ3n) is 4.03. The van der Waals surface area contributed by atoms with Crippen LogP contribution in [0.4, 0.5) is 5.69 Å². The number of hydrogen-bond donors (Lipinski definition) is 1. The predicted octanol–water partition coefficient (Wildman–Crippen LogP) is 2.09. The summed E-state index contributed by atoms with van der Waals surface area (Å²) in [5.74, 6) is -0.0168. The first-order valence-corrected chi connectivity index (χ1v) is 9.52. The maximum Gasteiger partial charge on any atom is 0.254 e. The molecule has 1 atom stereocenters. The van der Waals surface area contributed by atoms with Gasteiger partial charge in [0.1, 0.15) is 0 Å². The van der Waals surface area contributed by atoms with E-state index in [2.05, 4.69) is 4.72 Å². The molecule has 1 aromatic carbocycles. The molecular weight excluding hydrogens is 316 g/mol. The minimum Gasteiger partial charge on any atom is -0.383 e. The number of piperidine rings is 1. The van der Waals surface area contributed by atoms with E-state index in [4.69, 9.17) is 4.74 Å². The third kappa shape index (κ3) is 4.68. The highest BCUT2D eigenvalue weighted by Crippen LogP contribution is 2.21. The maximum atomic E-state index is 12.7. The van der Waals surface area contributed by atoms with Crippen molar-refractivity contribution in [2.75, 3.05) is 30.7 Å². The van der Waals surface area contributed by atoms with Gasteiger partial charge in [0.25, 0.3) is 5.91 Å². The van der Waals surface area contributed by atoms with Crippen molar-refractivity contribution < 1.29 is 17.9 Å². The number of nitrogens with one attached hydrogen (secondary N) is 1. The van der Waals surface area contributed by atoms with Gasteiger partial charge in [0.2, 0.25) is 10.0 Å². The van der Waals surface area contributed by atoms with Gasteiger partial charge in [-0.1, -0.05) is 0 Å². The second-order valence-corrected chi connectivity index (χ2v) is 7.70. The van der Waals surface area contributed by atoms with Gasteiger partial charge in [-0.05, 0) is 50.5 Å². The van der Waals surface area contributed by atoms with Gasteiger partial charge in [-0.2, -0.15) is 0 Å². The number of nitrogens with zero attached hydrogens (tertiary/aromatic N) is 1. The van der Waals surface area contributed by atoms with Crippen LogP contribution in [-0.2, 0) is 14.8 Å². The molecule has 23 heavy (non-hydrogen) atoms. The molecule has 1 aliphatic heterocycles. The highest BCUT2D eigenvalue weighted by molar-refractivity contribution is 7.92. The number of benzene rings is 1. The van der Waals surface area contributed by atoms with E-state index in [-0.39, 0.29) is 17.7 Å². The molecule has 1 aromatic rings. The first-order valence-electron chi connectivity index (χ1n) is 7.87. The first kappa shape index (κ1) is 17.7. The van der Waals surface area contributed by atoms with Gasteiger partial charge in [0.15, 0.2) is 0 Å². The highest BCUT2D eigenvalue weighted by atomic mass is 32.2. The Hall–Kier alpha value is -1.60. The zero-order chi connectivity index (χ0) is 16.9. The Labute approximate surface area is 137 Å². The summed E-state index contributed by atoms with van der Waals surface area (Å²) < 4.78 is 30.8. The summed E-state index contributed by atoms with van der Waals surface area (Å²) in [6.45, 7) is 2.85. The number of hydrogen-bond acceptors (Lipinski definition) is 4. The molecule has 1 N–H and O–H groups in total. The maximum absolute atomic E-state index is 12.7. The molecule has 1 fully saturated rings. The summed E-state index contributed by atoms with van der Waals surface area (Å²) in [4.78, 5) is 14.5. The van der Waals surface area contributed by atoms with Crippen molar-refractivity contribution in [3.8, 4) is 0 Å². The lowest BCUT2D eigenvalue weighted by molar-refractivity contribution is 0.0428. The largest absolute Gasteiger partial charge is 0.383 e. The van der Waals surface area contributed by atoms with Crippen molar-refractivity contribution >= 4 is 21.6 Å². The Bertz CT molecular complexity index is 626. The van der Waals surface area contributed by atoms with Gasteiger partial charge in [-0.3, -0.25) is 9.52 Å². The van der Waals surface area contributed by atoms with E-state index in [9.17, 15) is 13.2 Å². The summed E-state index contributed by atoms with van der Waals surface area (Å²) in [7, 11) is -1.66. The predicted molar refractivity (Wildman–Crippen MR) is 90.1 cm³/mol. The molecule has 0 bridgehead atoms. The monoisotopic (exact) mass is 340 g/mol. The van der Waals surface area contributed by atoms with Crippen LogP contribution in [0.2, 0.25) is 0 Å². The molecule has 7 heteroatoms. The van der Waals surface area contributed by atoms with Gasteiger partial charge in [-0.15, -0.1) is 0 Å². The van der Waals surface area contributed by atoms with Crippen molar-refractivity contribution in [3.05, 3.63) is 29.8 Å². The number of carbonyl (C=O) groups is 1. The number of likely N-dealkylation sites (tertiary alicyclic amines) is 1. The van der Waals surface area contributed by atoms with E-state index in [0.717, 1.165) is 25.8 Å². The number of methoxy groups -OCH3 is 1. The minimum atomic E-state index is -3.30. The molecule has 0 aromatic heterocycles. The summed E-state index contributed by atoms with van der Waals surface area (Å²) in [5.41, 5.74) is 1.03. The zero-order valence-corrected chi connectivity index (χ0v) is 14.4. The summed E-state index contributed by atoms with van der Waals surface area (Å²) in [6.07, 6.45) is 3.06. The van der Waals surface area contributed by atoms with E-state index in [1.807, 2.05) is 4.90 Å². The van der Waals surface area contributed by atoms with Crippen LogP contribution in [0.3, 0.4) is 0 Å². The molecule has 1 amide bonds. The Balaban J connectivity index is 2.10. The second-order valence-electron chi connectivity index (χ2n) is 5.69. The Kier molecular flexibility index (Phi) is 6.01. The molecule has 0 aliphatic carbocycles. The lowest BCUT2D eigenvalue weighted by atomic mass is 10.0.